The van der Waals surface area contributed by atoms with Crippen molar-refractivity contribution in [2.24, 2.45) is 11.8 Å². The highest BCUT2D eigenvalue weighted by Gasteiger charge is 2.32. The van der Waals surface area contributed by atoms with Crippen molar-refractivity contribution in [1.82, 2.24) is 0 Å². The molecule has 0 spiro atoms. The lowest BCUT2D eigenvalue weighted by Crippen LogP contribution is -2.30. The molecule has 0 aromatic heterocycles. The van der Waals surface area contributed by atoms with Crippen LogP contribution in [-0.4, -0.2) is 33.7 Å². The molecule has 0 radical (unpaired) electrons. The van der Waals surface area contributed by atoms with Gasteiger partial charge in [-0.2, -0.15) is 0 Å². The molecule has 0 heterocycles. The van der Waals surface area contributed by atoms with Crippen LogP contribution in [0.5, 0.6) is 0 Å². The van der Waals surface area contributed by atoms with Crippen LogP contribution in [0.2, 0.25) is 0 Å². The Balaban J connectivity index is 0.000000583. The fourth-order valence-electron chi connectivity index (χ4n) is 1.36. The van der Waals surface area contributed by atoms with Crippen LogP contribution in [0.1, 0.15) is 12.8 Å². The predicted molar refractivity (Wildman–Crippen MR) is 49.3 cm³/mol. The fraction of sp³-hybridized carbons (Fsp3) is 0.444. The SMILES string of the molecule is O=C(O)C1C=CCCC1C(=O)O.O=CO. The van der Waals surface area contributed by atoms with E-state index >= 15 is 0 Å². The molecule has 6 heteroatoms. The van der Waals surface area contributed by atoms with Crippen molar-refractivity contribution < 1.29 is 29.7 Å². The first-order chi connectivity index (χ1) is 7.04. The van der Waals surface area contributed by atoms with E-state index in [0.29, 0.717) is 12.8 Å². The largest absolute Gasteiger partial charge is 0.483 e. The van der Waals surface area contributed by atoms with Gasteiger partial charge in [0.1, 0.15) is 0 Å². The molecule has 0 aliphatic heterocycles. The minimum atomic E-state index is -1.06. The van der Waals surface area contributed by atoms with Crippen molar-refractivity contribution in [3.8, 4) is 0 Å². The van der Waals surface area contributed by atoms with E-state index in [1.165, 1.54) is 6.08 Å². The molecule has 15 heavy (non-hydrogen) atoms. The quantitative estimate of drug-likeness (QED) is 0.456. The molecule has 2 atom stereocenters. The van der Waals surface area contributed by atoms with Crippen LogP contribution in [0.25, 0.3) is 0 Å². The zero-order valence-electron chi connectivity index (χ0n) is 7.87. The lowest BCUT2D eigenvalue weighted by molar-refractivity contribution is -0.152. The summed E-state index contributed by atoms with van der Waals surface area (Å²) in [6, 6.07) is 0. The lowest BCUT2D eigenvalue weighted by Gasteiger charge is -2.19. The highest BCUT2D eigenvalue weighted by molar-refractivity contribution is 5.81. The van der Waals surface area contributed by atoms with Gasteiger partial charge in [0.2, 0.25) is 0 Å². The summed E-state index contributed by atoms with van der Waals surface area (Å²) in [6.45, 7) is -0.250. The van der Waals surface area contributed by atoms with Gasteiger partial charge in [0.25, 0.3) is 6.47 Å². The lowest BCUT2D eigenvalue weighted by atomic mass is 9.84. The molecule has 84 valence electrons. The standard InChI is InChI=1S/C8H10O4.CH2O2/c9-7(10)5-3-1-2-4-6(5)8(11)12;2-1-3/h1,3,5-6H,2,4H2,(H,9,10)(H,11,12);1H,(H,2,3). The van der Waals surface area contributed by atoms with Gasteiger partial charge in [0, 0.05) is 0 Å². The number of carbonyl (C=O) groups is 3. The van der Waals surface area contributed by atoms with Crippen molar-refractivity contribution in [3.05, 3.63) is 12.2 Å². The van der Waals surface area contributed by atoms with E-state index in [1.54, 1.807) is 6.08 Å². The molecule has 0 fully saturated rings. The molecule has 1 aliphatic carbocycles. The maximum Gasteiger partial charge on any atom is 0.311 e. The maximum absolute atomic E-state index is 10.6. The summed E-state index contributed by atoms with van der Waals surface area (Å²) in [7, 11) is 0. The van der Waals surface area contributed by atoms with Gasteiger partial charge in [-0.15, -0.1) is 0 Å². The molecular weight excluding hydrogens is 204 g/mol. The Bertz CT molecular complexity index is 270. The molecule has 0 amide bonds. The van der Waals surface area contributed by atoms with Gasteiger partial charge < -0.3 is 15.3 Å². The van der Waals surface area contributed by atoms with Gasteiger partial charge in [-0.3, -0.25) is 14.4 Å². The van der Waals surface area contributed by atoms with Crippen molar-refractivity contribution in [1.29, 1.82) is 0 Å². The number of rotatable bonds is 2. The third-order valence-electron chi connectivity index (χ3n) is 2.02. The van der Waals surface area contributed by atoms with Gasteiger partial charge in [-0.25, -0.2) is 0 Å². The minimum absolute atomic E-state index is 0.250. The molecule has 0 bridgehead atoms. The Labute approximate surface area is 85.8 Å². The maximum atomic E-state index is 10.6. The molecule has 1 rings (SSSR count). The van der Waals surface area contributed by atoms with E-state index in [4.69, 9.17) is 20.1 Å². The molecule has 3 N–H and O–H groups in total. The first kappa shape index (κ1) is 13.2. The Morgan fingerprint density at radius 1 is 1.27 bits per heavy atom. The molecular formula is C9H12O6. The van der Waals surface area contributed by atoms with Gasteiger partial charge in [-0.1, -0.05) is 12.2 Å². The average Bonchev–Trinajstić information content (AvgIpc) is 2.19. The normalized spacial score (nSPS) is 23.5. The fourth-order valence-corrected chi connectivity index (χ4v) is 1.36. The monoisotopic (exact) mass is 216 g/mol. The topological polar surface area (TPSA) is 112 Å². The van der Waals surface area contributed by atoms with Crippen LogP contribution in [0.15, 0.2) is 12.2 Å². The number of hydrogen-bond acceptors (Lipinski definition) is 3. The Hall–Kier alpha value is -1.85. The molecule has 0 saturated heterocycles. The molecule has 2 unspecified atom stereocenters. The predicted octanol–water partition coefficient (Wildman–Crippen LogP) is 0.439. The van der Waals surface area contributed by atoms with Crippen molar-refractivity contribution in [2.75, 3.05) is 0 Å². The second-order valence-electron chi connectivity index (χ2n) is 2.92. The second kappa shape index (κ2) is 6.58. The second-order valence-corrected chi connectivity index (χ2v) is 2.92. The van der Waals surface area contributed by atoms with E-state index in [1.807, 2.05) is 0 Å². The Kier molecular flexibility index (Phi) is 5.77. The van der Waals surface area contributed by atoms with Crippen LogP contribution in [0.4, 0.5) is 0 Å². The van der Waals surface area contributed by atoms with E-state index in [9.17, 15) is 9.59 Å². The first-order valence-electron chi connectivity index (χ1n) is 4.24. The van der Waals surface area contributed by atoms with Gasteiger partial charge in [-0.05, 0) is 12.8 Å². The number of hydrogen-bond donors (Lipinski definition) is 3. The van der Waals surface area contributed by atoms with Crippen LogP contribution >= 0.6 is 0 Å². The zero-order chi connectivity index (χ0) is 11.8. The Morgan fingerprint density at radius 2 is 1.80 bits per heavy atom. The third kappa shape index (κ3) is 4.26. The molecule has 0 aromatic carbocycles. The summed E-state index contributed by atoms with van der Waals surface area (Å²) in [5.74, 6) is -3.69. The van der Waals surface area contributed by atoms with Gasteiger partial charge >= 0.3 is 11.9 Å². The summed E-state index contributed by atoms with van der Waals surface area (Å²) < 4.78 is 0. The first-order valence-corrected chi connectivity index (χ1v) is 4.24. The number of carboxylic acids is 2. The van der Waals surface area contributed by atoms with Crippen molar-refractivity contribution in [3.63, 3.8) is 0 Å². The summed E-state index contributed by atoms with van der Waals surface area (Å²) >= 11 is 0. The molecule has 6 nitrogen and oxygen atoms in total. The molecule has 0 saturated carbocycles. The summed E-state index contributed by atoms with van der Waals surface area (Å²) in [5, 5.41) is 24.2. The summed E-state index contributed by atoms with van der Waals surface area (Å²) in [5.41, 5.74) is 0. The smallest absolute Gasteiger partial charge is 0.311 e. The van der Waals surface area contributed by atoms with Crippen molar-refractivity contribution in [2.45, 2.75) is 12.8 Å². The van der Waals surface area contributed by atoms with Gasteiger partial charge in [0.15, 0.2) is 0 Å². The number of aliphatic carboxylic acids is 2. The van der Waals surface area contributed by atoms with Crippen molar-refractivity contribution >= 4 is 18.4 Å². The highest BCUT2D eigenvalue weighted by atomic mass is 16.4. The third-order valence-corrected chi connectivity index (χ3v) is 2.02. The number of allylic oxidation sites excluding steroid dienone is 1. The van der Waals surface area contributed by atoms with Crippen LogP contribution in [0, 0.1) is 11.8 Å². The molecule has 1 aliphatic rings. The van der Waals surface area contributed by atoms with E-state index in [0.717, 1.165) is 0 Å². The van der Waals surface area contributed by atoms with Crippen LogP contribution < -0.4 is 0 Å². The van der Waals surface area contributed by atoms with E-state index in [2.05, 4.69) is 0 Å². The number of carboxylic acid groups (broad SMARTS) is 3. The van der Waals surface area contributed by atoms with E-state index in [-0.39, 0.29) is 6.47 Å². The minimum Gasteiger partial charge on any atom is -0.483 e. The van der Waals surface area contributed by atoms with E-state index < -0.39 is 23.8 Å². The average molecular weight is 216 g/mol. The molecule has 0 aromatic rings. The highest BCUT2D eigenvalue weighted by Crippen LogP contribution is 2.24. The van der Waals surface area contributed by atoms with Gasteiger partial charge in [0.05, 0.1) is 11.8 Å². The zero-order valence-corrected chi connectivity index (χ0v) is 7.87. The Morgan fingerprint density at radius 3 is 2.13 bits per heavy atom. The summed E-state index contributed by atoms with van der Waals surface area (Å²) in [4.78, 5) is 29.5. The van der Waals surface area contributed by atoms with Crippen LogP contribution in [0.3, 0.4) is 0 Å². The summed E-state index contributed by atoms with van der Waals surface area (Å²) in [6.07, 6.45) is 4.26. The van der Waals surface area contributed by atoms with Crippen LogP contribution in [-0.2, 0) is 14.4 Å².